The highest BCUT2D eigenvalue weighted by molar-refractivity contribution is 8.14. The first kappa shape index (κ1) is 17.2. The summed E-state index contributed by atoms with van der Waals surface area (Å²) in [6.45, 7) is 0. The molecule has 1 N–H and O–H groups in total. The fourth-order valence-electron chi connectivity index (χ4n) is 2.94. The minimum Gasteiger partial charge on any atom is -0.480 e. The van der Waals surface area contributed by atoms with Crippen molar-refractivity contribution in [2.75, 3.05) is 10.7 Å². The van der Waals surface area contributed by atoms with Crippen LogP contribution in [0.3, 0.4) is 0 Å². The van der Waals surface area contributed by atoms with Crippen molar-refractivity contribution < 1.29 is 19.5 Å². The number of benzene rings is 2. The van der Waals surface area contributed by atoms with Crippen LogP contribution in [-0.2, 0) is 16.0 Å². The van der Waals surface area contributed by atoms with Gasteiger partial charge in [-0.15, -0.1) is 0 Å². The number of carboxylic acids is 1. The van der Waals surface area contributed by atoms with Crippen LogP contribution >= 0.6 is 11.8 Å². The molecule has 0 saturated heterocycles. The molecule has 128 valence electrons. The van der Waals surface area contributed by atoms with E-state index in [-0.39, 0.29) is 16.8 Å². The molecule has 1 aliphatic rings. The Bertz CT molecular complexity index is 806. The van der Waals surface area contributed by atoms with Gasteiger partial charge in [-0.2, -0.15) is 0 Å². The van der Waals surface area contributed by atoms with Crippen LogP contribution in [0.4, 0.5) is 5.69 Å². The van der Waals surface area contributed by atoms with Gasteiger partial charge in [-0.1, -0.05) is 60.3 Å². The number of rotatable bonds is 4. The second-order valence-corrected chi connectivity index (χ2v) is 6.68. The molecule has 0 aliphatic carbocycles. The zero-order valence-electron chi connectivity index (χ0n) is 13.4. The zero-order chi connectivity index (χ0) is 17.8. The minimum atomic E-state index is -1.03. The summed E-state index contributed by atoms with van der Waals surface area (Å²) in [5.41, 5.74) is 2.10. The van der Waals surface area contributed by atoms with Gasteiger partial charge in [0.15, 0.2) is 0 Å². The normalized spacial score (nSPS) is 16.2. The quantitative estimate of drug-likeness (QED) is 0.913. The number of carbonyl (C=O) groups is 3. The molecule has 0 radical (unpaired) electrons. The lowest BCUT2D eigenvalue weighted by molar-refractivity contribution is -0.140. The third-order valence-electron chi connectivity index (χ3n) is 4.14. The maximum atomic E-state index is 12.7. The summed E-state index contributed by atoms with van der Waals surface area (Å²) >= 11 is 0.897. The van der Waals surface area contributed by atoms with Gasteiger partial charge in [-0.05, 0) is 24.5 Å². The number of para-hydroxylation sites is 1. The van der Waals surface area contributed by atoms with Gasteiger partial charge in [0.25, 0.3) is 0 Å². The Hall–Kier alpha value is -2.60. The Morgan fingerprint density at radius 1 is 1.04 bits per heavy atom. The number of carbonyl (C=O) groups excluding carboxylic acids is 2. The number of aryl methyl sites for hydroxylation is 1. The number of hydrogen-bond acceptors (Lipinski definition) is 4. The van der Waals surface area contributed by atoms with E-state index in [1.165, 1.54) is 4.90 Å². The molecule has 0 saturated carbocycles. The number of anilines is 1. The van der Waals surface area contributed by atoms with Crippen molar-refractivity contribution in [1.29, 1.82) is 0 Å². The van der Waals surface area contributed by atoms with Crippen LogP contribution < -0.4 is 4.90 Å². The van der Waals surface area contributed by atoms with Crippen LogP contribution in [0.25, 0.3) is 0 Å². The molecule has 3 rings (SSSR count). The summed E-state index contributed by atoms with van der Waals surface area (Å²) < 4.78 is 0. The summed E-state index contributed by atoms with van der Waals surface area (Å²) in [4.78, 5) is 37.8. The van der Waals surface area contributed by atoms with Gasteiger partial charge in [0.2, 0.25) is 11.0 Å². The SMILES string of the molecule is O=C(SCC(=O)N1c2ccccc2CC[C@@H]1C(=O)O)c1ccccc1. The Balaban J connectivity index is 1.77. The number of thioether (sulfide) groups is 1. The third-order valence-corrected chi connectivity index (χ3v) is 5.03. The summed E-state index contributed by atoms with van der Waals surface area (Å²) in [5.74, 6) is -1.48. The number of carboxylic acid groups (broad SMARTS) is 1. The van der Waals surface area contributed by atoms with E-state index < -0.39 is 12.0 Å². The van der Waals surface area contributed by atoms with Crippen LogP contribution in [0.15, 0.2) is 54.6 Å². The van der Waals surface area contributed by atoms with Crippen molar-refractivity contribution in [2.45, 2.75) is 18.9 Å². The Morgan fingerprint density at radius 3 is 2.44 bits per heavy atom. The van der Waals surface area contributed by atoms with Crippen LogP contribution in [0.5, 0.6) is 0 Å². The van der Waals surface area contributed by atoms with E-state index in [4.69, 9.17) is 0 Å². The van der Waals surface area contributed by atoms with E-state index >= 15 is 0 Å². The molecule has 1 amide bonds. The average molecular weight is 355 g/mol. The first-order chi connectivity index (χ1) is 12.1. The maximum Gasteiger partial charge on any atom is 0.326 e. The lowest BCUT2D eigenvalue weighted by Gasteiger charge is -2.34. The van der Waals surface area contributed by atoms with Crippen molar-refractivity contribution in [1.82, 2.24) is 0 Å². The fourth-order valence-corrected chi connectivity index (χ4v) is 3.64. The first-order valence-electron chi connectivity index (χ1n) is 7.93. The summed E-state index contributed by atoms with van der Waals surface area (Å²) in [6.07, 6.45) is 0.988. The van der Waals surface area contributed by atoms with E-state index in [0.717, 1.165) is 17.3 Å². The molecule has 0 aromatic heterocycles. The van der Waals surface area contributed by atoms with Gasteiger partial charge in [0.05, 0.1) is 5.75 Å². The van der Waals surface area contributed by atoms with Gasteiger partial charge in [-0.3, -0.25) is 14.5 Å². The average Bonchev–Trinajstić information content (AvgIpc) is 2.65. The first-order valence-corrected chi connectivity index (χ1v) is 8.91. The minimum absolute atomic E-state index is 0.0914. The fraction of sp³-hybridized carbons (Fsp3) is 0.211. The van der Waals surface area contributed by atoms with Crippen LogP contribution in [0.2, 0.25) is 0 Å². The molecule has 0 bridgehead atoms. The zero-order valence-corrected chi connectivity index (χ0v) is 14.2. The van der Waals surface area contributed by atoms with Crippen LogP contribution in [0.1, 0.15) is 22.3 Å². The van der Waals surface area contributed by atoms with E-state index in [0.29, 0.717) is 24.1 Å². The van der Waals surface area contributed by atoms with E-state index in [9.17, 15) is 19.5 Å². The predicted molar refractivity (Wildman–Crippen MR) is 96.9 cm³/mol. The molecule has 6 heteroatoms. The molecular weight excluding hydrogens is 338 g/mol. The predicted octanol–water partition coefficient (Wildman–Crippen LogP) is 2.99. The molecule has 5 nitrogen and oxygen atoms in total. The summed E-state index contributed by atoms with van der Waals surface area (Å²) in [5, 5.41) is 9.27. The highest BCUT2D eigenvalue weighted by atomic mass is 32.2. The van der Waals surface area contributed by atoms with Gasteiger partial charge < -0.3 is 5.11 Å². The topological polar surface area (TPSA) is 74.7 Å². The molecule has 2 aromatic carbocycles. The summed E-state index contributed by atoms with van der Waals surface area (Å²) in [6, 6.07) is 15.1. The molecule has 0 spiro atoms. The molecule has 2 aromatic rings. The number of fused-ring (bicyclic) bond motifs is 1. The smallest absolute Gasteiger partial charge is 0.326 e. The molecule has 1 atom stereocenters. The second kappa shape index (κ2) is 7.53. The molecule has 1 heterocycles. The van der Waals surface area contributed by atoms with E-state index in [1.807, 2.05) is 18.2 Å². The van der Waals surface area contributed by atoms with Crippen molar-refractivity contribution in [2.24, 2.45) is 0 Å². The molecule has 0 unspecified atom stereocenters. The van der Waals surface area contributed by atoms with Crippen molar-refractivity contribution >= 4 is 34.4 Å². The van der Waals surface area contributed by atoms with Gasteiger partial charge in [0, 0.05) is 11.3 Å². The molecule has 0 fully saturated rings. The van der Waals surface area contributed by atoms with Crippen molar-refractivity contribution in [3.05, 3.63) is 65.7 Å². The Morgan fingerprint density at radius 2 is 1.72 bits per heavy atom. The lowest BCUT2D eigenvalue weighted by atomic mass is 9.96. The monoisotopic (exact) mass is 355 g/mol. The number of amides is 1. The number of nitrogens with zero attached hydrogens (tertiary/aromatic N) is 1. The molecular formula is C19H17NO4S. The van der Waals surface area contributed by atoms with Crippen LogP contribution in [0, 0.1) is 0 Å². The highest BCUT2D eigenvalue weighted by Gasteiger charge is 2.35. The molecule has 25 heavy (non-hydrogen) atoms. The third kappa shape index (κ3) is 3.74. The highest BCUT2D eigenvalue weighted by Crippen LogP contribution is 2.31. The Kier molecular flexibility index (Phi) is 5.19. The van der Waals surface area contributed by atoms with Crippen LogP contribution in [-0.4, -0.2) is 33.9 Å². The van der Waals surface area contributed by atoms with Gasteiger partial charge in [0.1, 0.15) is 6.04 Å². The number of hydrogen-bond donors (Lipinski definition) is 1. The van der Waals surface area contributed by atoms with Crippen molar-refractivity contribution in [3.8, 4) is 0 Å². The van der Waals surface area contributed by atoms with E-state index in [1.54, 1.807) is 36.4 Å². The second-order valence-electron chi connectivity index (χ2n) is 5.73. The lowest BCUT2D eigenvalue weighted by Crippen LogP contribution is -2.49. The number of aliphatic carboxylic acids is 1. The largest absolute Gasteiger partial charge is 0.480 e. The van der Waals surface area contributed by atoms with Gasteiger partial charge >= 0.3 is 5.97 Å². The summed E-state index contributed by atoms with van der Waals surface area (Å²) in [7, 11) is 0. The van der Waals surface area contributed by atoms with Gasteiger partial charge in [-0.25, -0.2) is 4.79 Å². The Labute approximate surface area is 149 Å². The van der Waals surface area contributed by atoms with Crippen molar-refractivity contribution in [3.63, 3.8) is 0 Å². The van der Waals surface area contributed by atoms with E-state index in [2.05, 4.69) is 0 Å². The standard InChI is InChI=1S/C19H17NO4S/c21-17(12-25-19(24)14-7-2-1-3-8-14)20-15-9-5-4-6-13(15)10-11-16(20)18(22)23/h1-9,16H,10-12H2,(H,22,23)/t16-/m1/s1. The molecule has 1 aliphatic heterocycles. The maximum absolute atomic E-state index is 12.7.